The van der Waals surface area contributed by atoms with Gasteiger partial charge in [0.05, 0.1) is 6.54 Å². The zero-order valence-electron chi connectivity index (χ0n) is 8.34. The van der Waals surface area contributed by atoms with E-state index in [0.717, 1.165) is 6.42 Å². The van der Waals surface area contributed by atoms with Gasteiger partial charge in [0.2, 0.25) is 0 Å². The number of carbonyl (C=O) groups excluding carboxylic acids is 1. The van der Waals surface area contributed by atoms with Gasteiger partial charge in [-0.1, -0.05) is 19.1 Å². The normalized spacial score (nSPS) is 12.3. The van der Waals surface area contributed by atoms with Crippen LogP contribution in [0.4, 0.5) is 0 Å². The van der Waals surface area contributed by atoms with Crippen molar-refractivity contribution in [1.29, 1.82) is 0 Å². The second-order valence-electron chi connectivity index (χ2n) is 2.73. The van der Waals surface area contributed by atoms with E-state index in [2.05, 4.69) is 12.2 Å². The number of nitrogens with two attached hydrogens (primary N) is 1. The fourth-order valence-electron chi connectivity index (χ4n) is 0.926. The number of rotatable bonds is 6. The van der Waals surface area contributed by atoms with E-state index in [1.807, 2.05) is 12.2 Å². The van der Waals surface area contributed by atoms with Crippen LogP contribution in [0.3, 0.4) is 0 Å². The summed E-state index contributed by atoms with van der Waals surface area (Å²) in [6.45, 7) is 2.40. The lowest BCUT2D eigenvalue weighted by Crippen LogP contribution is -2.20. The van der Waals surface area contributed by atoms with Crippen LogP contribution in [0.15, 0.2) is 23.9 Å². The summed E-state index contributed by atoms with van der Waals surface area (Å²) in [4.78, 5) is 11.3. The van der Waals surface area contributed by atoms with Gasteiger partial charge in [-0.2, -0.15) is 0 Å². The Balaban J connectivity index is 4.04. The Kier molecular flexibility index (Phi) is 6.92. The lowest BCUT2D eigenvalue weighted by Gasteiger charge is -2.01. The first-order valence-electron chi connectivity index (χ1n) is 4.49. The van der Waals surface area contributed by atoms with Gasteiger partial charge >= 0.3 is 0 Å². The van der Waals surface area contributed by atoms with Crippen LogP contribution in [-0.4, -0.2) is 19.4 Å². The van der Waals surface area contributed by atoms with E-state index in [0.29, 0.717) is 18.5 Å². The molecule has 0 aromatic heterocycles. The van der Waals surface area contributed by atoms with Crippen molar-refractivity contribution in [1.82, 2.24) is 5.32 Å². The smallest absolute Gasteiger partial charge is 0.174 e. The van der Waals surface area contributed by atoms with Crippen molar-refractivity contribution >= 4 is 5.78 Å². The maximum Gasteiger partial charge on any atom is 0.174 e. The summed E-state index contributed by atoms with van der Waals surface area (Å²) in [5, 5.41) is 2.80. The first-order chi connectivity index (χ1) is 6.26. The number of Topliss-reactive ketones (excluding diaryl/α,β-unsaturated/α-hetero) is 1. The molecule has 74 valence electrons. The standard InChI is InChI=1S/C10H18N2O/c1-3-4-5-6-9(7-11)10(13)8-12-2/h4-5,7,12H,3,6,8,11H2,1-2H3/b5-4+,9-7-. The summed E-state index contributed by atoms with van der Waals surface area (Å²) in [6, 6.07) is 0. The van der Waals surface area contributed by atoms with Crippen LogP contribution in [0.5, 0.6) is 0 Å². The van der Waals surface area contributed by atoms with Crippen molar-refractivity contribution in [3.05, 3.63) is 23.9 Å². The third kappa shape index (κ3) is 5.20. The summed E-state index contributed by atoms with van der Waals surface area (Å²) in [5.74, 6) is 0.0609. The molecule has 3 nitrogen and oxygen atoms in total. The maximum absolute atomic E-state index is 11.3. The molecule has 0 aromatic rings. The van der Waals surface area contributed by atoms with Crippen LogP contribution < -0.4 is 11.1 Å². The number of allylic oxidation sites excluding steroid dienone is 2. The summed E-state index contributed by atoms with van der Waals surface area (Å²) in [5.41, 5.74) is 6.01. The molecule has 0 saturated carbocycles. The van der Waals surface area contributed by atoms with Crippen LogP contribution in [0, 0.1) is 0 Å². The molecule has 0 amide bonds. The number of ketones is 1. The largest absolute Gasteiger partial charge is 0.404 e. The van der Waals surface area contributed by atoms with Gasteiger partial charge in [0, 0.05) is 11.8 Å². The first-order valence-corrected chi connectivity index (χ1v) is 4.49. The highest BCUT2D eigenvalue weighted by Gasteiger charge is 2.04. The minimum absolute atomic E-state index is 0.0609. The average Bonchev–Trinajstić information content (AvgIpc) is 2.13. The summed E-state index contributed by atoms with van der Waals surface area (Å²) < 4.78 is 0. The molecule has 0 radical (unpaired) electrons. The van der Waals surface area contributed by atoms with E-state index in [1.54, 1.807) is 7.05 Å². The fourth-order valence-corrected chi connectivity index (χ4v) is 0.926. The first kappa shape index (κ1) is 11.9. The van der Waals surface area contributed by atoms with Crippen molar-refractivity contribution in [2.45, 2.75) is 19.8 Å². The van der Waals surface area contributed by atoms with E-state index in [1.165, 1.54) is 6.20 Å². The quantitative estimate of drug-likeness (QED) is 0.475. The van der Waals surface area contributed by atoms with Gasteiger partial charge in [0.25, 0.3) is 0 Å². The molecule has 0 aliphatic rings. The minimum atomic E-state index is 0.0609. The highest BCUT2D eigenvalue weighted by Crippen LogP contribution is 2.02. The summed E-state index contributed by atoms with van der Waals surface area (Å²) in [7, 11) is 1.74. The van der Waals surface area contributed by atoms with Gasteiger partial charge in [-0.3, -0.25) is 4.79 Å². The highest BCUT2D eigenvalue weighted by molar-refractivity contribution is 5.96. The lowest BCUT2D eigenvalue weighted by atomic mass is 10.1. The fraction of sp³-hybridized carbons (Fsp3) is 0.500. The van der Waals surface area contributed by atoms with Crippen molar-refractivity contribution in [3.63, 3.8) is 0 Å². The number of hydrogen-bond donors (Lipinski definition) is 2. The van der Waals surface area contributed by atoms with Gasteiger partial charge in [-0.05, 0) is 19.9 Å². The molecule has 0 aliphatic heterocycles. The molecule has 0 unspecified atom stereocenters. The van der Waals surface area contributed by atoms with Gasteiger partial charge in [0.15, 0.2) is 5.78 Å². The van der Waals surface area contributed by atoms with Crippen molar-refractivity contribution in [3.8, 4) is 0 Å². The number of hydrogen-bond acceptors (Lipinski definition) is 3. The van der Waals surface area contributed by atoms with E-state index < -0.39 is 0 Å². The van der Waals surface area contributed by atoms with E-state index >= 15 is 0 Å². The summed E-state index contributed by atoms with van der Waals surface area (Å²) >= 11 is 0. The average molecular weight is 182 g/mol. The van der Waals surface area contributed by atoms with Gasteiger partial charge in [-0.25, -0.2) is 0 Å². The number of nitrogens with one attached hydrogen (secondary N) is 1. The lowest BCUT2D eigenvalue weighted by molar-refractivity contribution is -0.114. The predicted octanol–water partition coefficient (Wildman–Crippen LogP) is 0.974. The van der Waals surface area contributed by atoms with Crippen LogP contribution in [0.1, 0.15) is 19.8 Å². The Morgan fingerprint density at radius 2 is 2.15 bits per heavy atom. The minimum Gasteiger partial charge on any atom is -0.404 e. The number of likely N-dealkylation sites (N-methyl/N-ethyl adjacent to an activating group) is 1. The third-order valence-corrected chi connectivity index (χ3v) is 1.64. The van der Waals surface area contributed by atoms with E-state index in [-0.39, 0.29) is 5.78 Å². The van der Waals surface area contributed by atoms with Crippen LogP contribution in [0.2, 0.25) is 0 Å². The Morgan fingerprint density at radius 3 is 2.62 bits per heavy atom. The molecule has 0 bridgehead atoms. The zero-order chi connectivity index (χ0) is 10.1. The van der Waals surface area contributed by atoms with Crippen molar-refractivity contribution in [2.24, 2.45) is 5.73 Å². The zero-order valence-corrected chi connectivity index (χ0v) is 8.34. The van der Waals surface area contributed by atoms with Gasteiger partial charge in [0.1, 0.15) is 0 Å². The van der Waals surface area contributed by atoms with Crippen molar-refractivity contribution < 1.29 is 4.79 Å². The third-order valence-electron chi connectivity index (χ3n) is 1.64. The number of carbonyl (C=O) groups is 1. The Bertz CT molecular complexity index is 207. The molecule has 0 rings (SSSR count). The second kappa shape index (κ2) is 7.55. The van der Waals surface area contributed by atoms with Crippen LogP contribution in [0.25, 0.3) is 0 Å². The molecule has 0 aliphatic carbocycles. The monoisotopic (exact) mass is 182 g/mol. The molecule has 3 heteroatoms. The molecule has 0 aromatic carbocycles. The maximum atomic E-state index is 11.3. The molecule has 0 heterocycles. The molecule has 0 saturated heterocycles. The highest BCUT2D eigenvalue weighted by atomic mass is 16.1. The van der Waals surface area contributed by atoms with E-state index in [4.69, 9.17) is 5.73 Å². The van der Waals surface area contributed by atoms with E-state index in [9.17, 15) is 4.79 Å². The molecular weight excluding hydrogens is 164 g/mol. The van der Waals surface area contributed by atoms with Crippen LogP contribution in [-0.2, 0) is 4.79 Å². The van der Waals surface area contributed by atoms with Crippen molar-refractivity contribution in [2.75, 3.05) is 13.6 Å². The second-order valence-corrected chi connectivity index (χ2v) is 2.73. The topological polar surface area (TPSA) is 55.1 Å². The molecular formula is C10H18N2O. The Morgan fingerprint density at radius 1 is 1.46 bits per heavy atom. The predicted molar refractivity (Wildman–Crippen MR) is 55.3 cm³/mol. The molecule has 0 fully saturated rings. The molecule has 13 heavy (non-hydrogen) atoms. The van der Waals surface area contributed by atoms with Crippen LogP contribution >= 0.6 is 0 Å². The Hall–Kier alpha value is -1.09. The van der Waals surface area contributed by atoms with Gasteiger partial charge < -0.3 is 11.1 Å². The van der Waals surface area contributed by atoms with Gasteiger partial charge in [-0.15, -0.1) is 0 Å². The molecule has 3 N–H and O–H groups in total. The molecule has 0 spiro atoms. The Labute approximate surface area is 79.7 Å². The summed E-state index contributed by atoms with van der Waals surface area (Å²) in [6.07, 6.45) is 6.99. The SMILES string of the molecule is CC/C=C/C/C(=C/N)C(=O)CNC. The molecule has 0 atom stereocenters.